The molecule has 7 rings (SSSR count). The topological polar surface area (TPSA) is 4.93 Å². The first-order valence-corrected chi connectivity index (χ1v) is 12.9. The van der Waals surface area contributed by atoms with Crippen molar-refractivity contribution in [1.29, 1.82) is 0 Å². The fourth-order valence-electron chi connectivity index (χ4n) is 7.04. The molecule has 4 aromatic carbocycles. The van der Waals surface area contributed by atoms with Gasteiger partial charge >= 0.3 is 26.2 Å². The van der Waals surface area contributed by atoms with Crippen LogP contribution in [0.25, 0.3) is 22.2 Å². The zero-order valence-electron chi connectivity index (χ0n) is 22.7. The van der Waals surface area contributed by atoms with E-state index in [-0.39, 0.29) is 93.1 Å². The minimum absolute atomic E-state index is 0. The van der Waals surface area contributed by atoms with Gasteiger partial charge in [0.15, 0.2) is 0 Å². The Morgan fingerprint density at radius 2 is 1.20 bits per heavy atom. The van der Waals surface area contributed by atoms with E-state index in [1.54, 1.807) is 0 Å². The molecule has 0 fully saturated rings. The number of halogens is 4. The van der Waals surface area contributed by atoms with Crippen LogP contribution in [-0.4, -0.2) is 4.57 Å². The average Bonchev–Trinajstić information content (AvgIpc) is 3.64. The first-order valence-electron chi connectivity index (χ1n) is 12.9. The summed E-state index contributed by atoms with van der Waals surface area (Å²) in [6.45, 7) is 2.21. The zero-order valence-corrected chi connectivity index (χ0v) is 28.2. The molecule has 0 spiro atoms. The Balaban J connectivity index is 0.00000118. The molecule has 0 saturated carbocycles. The maximum atomic E-state index is 2.42. The molecule has 0 radical (unpaired) electrons. The number of aryl methyl sites for hydroxylation is 2. The number of rotatable bonds is 4. The Labute approximate surface area is 286 Å². The van der Waals surface area contributed by atoms with Crippen molar-refractivity contribution in [2.24, 2.45) is 13.0 Å². The Bertz CT molecular complexity index is 1620. The fraction of sp³-hybridized carbons (Fsp3) is 0.143. The maximum Gasteiger partial charge on any atom is 4.00 e. The van der Waals surface area contributed by atoms with Crippen LogP contribution in [0.15, 0.2) is 127 Å². The molecular weight excluding hydrogens is 667 g/mol. The largest absolute Gasteiger partial charge is 4.00 e. The number of benzene rings is 4. The van der Waals surface area contributed by atoms with E-state index in [4.69, 9.17) is 0 Å². The first kappa shape index (κ1) is 35.1. The van der Waals surface area contributed by atoms with Gasteiger partial charge in [0, 0.05) is 40.8 Å². The van der Waals surface area contributed by atoms with Crippen molar-refractivity contribution < 1.29 is 75.8 Å². The molecule has 206 valence electrons. The third-order valence-electron chi connectivity index (χ3n) is 8.44. The number of hydrogen-bond acceptors (Lipinski definition) is 0. The summed E-state index contributed by atoms with van der Waals surface area (Å²) in [5, 5.41) is 1.37. The fourth-order valence-corrected chi connectivity index (χ4v) is 7.04. The Hall–Kier alpha value is -2.06. The molecule has 2 aliphatic carbocycles. The molecule has 0 amide bonds. The van der Waals surface area contributed by atoms with E-state index in [1.807, 2.05) is 0 Å². The van der Waals surface area contributed by atoms with Crippen LogP contribution in [0.4, 0.5) is 0 Å². The van der Waals surface area contributed by atoms with Crippen LogP contribution in [-0.2, 0) is 38.7 Å². The van der Waals surface area contributed by atoms with E-state index in [0.717, 1.165) is 0 Å². The first-order chi connectivity index (χ1) is 17.7. The van der Waals surface area contributed by atoms with E-state index in [1.165, 1.54) is 50.0 Å². The van der Waals surface area contributed by atoms with Crippen LogP contribution in [0.1, 0.15) is 33.7 Å². The molecule has 41 heavy (non-hydrogen) atoms. The molecule has 1 unspecified atom stereocenters. The van der Waals surface area contributed by atoms with Crippen molar-refractivity contribution in [3.05, 3.63) is 155 Å². The summed E-state index contributed by atoms with van der Waals surface area (Å²) in [5.74, 6) is 0.391. The van der Waals surface area contributed by atoms with Gasteiger partial charge in [-0.05, 0) is 41.3 Å². The second-order valence-corrected chi connectivity index (χ2v) is 10.3. The number of fused-ring (bicyclic) bond motifs is 5. The number of nitrogens with zero attached hydrogens (tertiary/aromatic N) is 1. The van der Waals surface area contributed by atoms with Gasteiger partial charge in [-0.2, -0.15) is 0 Å². The van der Waals surface area contributed by atoms with Crippen molar-refractivity contribution >= 4 is 10.9 Å². The van der Waals surface area contributed by atoms with Crippen molar-refractivity contribution in [2.45, 2.75) is 18.3 Å². The summed E-state index contributed by atoms with van der Waals surface area (Å²) in [5.41, 5.74) is 10.6. The molecule has 1 atom stereocenters. The van der Waals surface area contributed by atoms with E-state index < -0.39 is 0 Å². The summed E-state index contributed by atoms with van der Waals surface area (Å²) < 4.78 is 2.42. The molecule has 1 heterocycles. The third-order valence-corrected chi connectivity index (χ3v) is 8.44. The van der Waals surface area contributed by atoms with Crippen molar-refractivity contribution in [1.82, 2.24) is 4.57 Å². The summed E-state index contributed by atoms with van der Waals surface area (Å²) in [6.07, 6.45) is 9.24. The van der Waals surface area contributed by atoms with Gasteiger partial charge in [-0.25, -0.2) is 0 Å². The van der Waals surface area contributed by atoms with Gasteiger partial charge in [-0.3, -0.25) is 0 Å². The van der Waals surface area contributed by atoms with Crippen LogP contribution >= 0.6 is 0 Å². The second-order valence-electron chi connectivity index (χ2n) is 10.3. The number of hydrogen-bond donors (Lipinski definition) is 0. The van der Waals surface area contributed by atoms with Crippen molar-refractivity contribution in [3.8, 4) is 11.3 Å². The van der Waals surface area contributed by atoms with Crippen LogP contribution in [0, 0.1) is 12.8 Å². The second kappa shape index (κ2) is 13.9. The van der Waals surface area contributed by atoms with Gasteiger partial charge in [-0.15, -0.1) is 0 Å². The van der Waals surface area contributed by atoms with Crippen LogP contribution in [0.5, 0.6) is 0 Å². The van der Waals surface area contributed by atoms with Gasteiger partial charge in [0.1, 0.15) is 0 Å². The summed E-state index contributed by atoms with van der Waals surface area (Å²) in [6, 6.07) is 38.4. The molecule has 5 aromatic rings. The van der Waals surface area contributed by atoms with Gasteiger partial charge < -0.3 is 54.2 Å². The predicted octanol–water partition coefficient (Wildman–Crippen LogP) is -3.66. The quantitative estimate of drug-likeness (QED) is 0.183. The Morgan fingerprint density at radius 1 is 0.659 bits per heavy atom. The molecular formula is C35H29Cl4NZr. The summed E-state index contributed by atoms with van der Waals surface area (Å²) >= 11 is 0. The van der Waals surface area contributed by atoms with Gasteiger partial charge in [-0.1, -0.05) is 121 Å². The van der Waals surface area contributed by atoms with Crippen LogP contribution in [0.3, 0.4) is 0 Å². The van der Waals surface area contributed by atoms with Crippen LogP contribution < -0.4 is 49.6 Å². The molecule has 6 heteroatoms. The SMILES string of the molecule is Cc1ccc2c(c1)c1c(n2C)-c2ccccc2C1C(c1ccccc1)(c1ccccc1)C1C=CC=C1.[Cl-].[Cl-].[Cl-].[Cl-].[Zr+4]. The summed E-state index contributed by atoms with van der Waals surface area (Å²) in [4.78, 5) is 0. The van der Waals surface area contributed by atoms with Crippen LogP contribution in [0.2, 0.25) is 0 Å². The van der Waals surface area contributed by atoms with Gasteiger partial charge in [0.05, 0.1) is 5.69 Å². The number of allylic oxidation sites excluding steroid dienone is 4. The summed E-state index contributed by atoms with van der Waals surface area (Å²) in [7, 11) is 2.23. The van der Waals surface area contributed by atoms with E-state index in [2.05, 4.69) is 146 Å². The molecule has 2 aliphatic rings. The minimum atomic E-state index is -0.300. The van der Waals surface area contributed by atoms with E-state index in [0.29, 0.717) is 0 Å². The zero-order chi connectivity index (χ0) is 24.3. The predicted molar refractivity (Wildman–Crippen MR) is 150 cm³/mol. The third kappa shape index (κ3) is 5.22. The minimum Gasteiger partial charge on any atom is -1.00 e. The smallest absolute Gasteiger partial charge is 1.00 e. The van der Waals surface area contributed by atoms with E-state index in [9.17, 15) is 0 Å². The van der Waals surface area contributed by atoms with Gasteiger partial charge in [0.25, 0.3) is 0 Å². The standard InChI is InChI=1S/C35H29N.4ClH.Zr/c1-24-21-22-31-30(23-24)32-33(28-19-11-12-20-29(28)34(32)36(31)2)35(27-17-9-10-18-27,25-13-5-3-6-14-25)26-15-7-4-8-16-26;;;;;/h3-23,27,33H,1-2H3;4*1H;/q;;;;;+4/p-4. The molecule has 0 aliphatic heterocycles. The maximum absolute atomic E-state index is 2.42. The molecule has 1 aromatic heterocycles. The van der Waals surface area contributed by atoms with Crippen molar-refractivity contribution in [2.75, 3.05) is 0 Å². The number of aromatic nitrogens is 1. The monoisotopic (exact) mass is 693 g/mol. The molecule has 0 saturated heterocycles. The average molecular weight is 697 g/mol. The van der Waals surface area contributed by atoms with Crippen molar-refractivity contribution in [3.63, 3.8) is 0 Å². The Kier molecular flexibility index (Phi) is 12.0. The van der Waals surface area contributed by atoms with E-state index >= 15 is 0 Å². The van der Waals surface area contributed by atoms with Gasteiger partial charge in [0.2, 0.25) is 0 Å². The molecule has 1 nitrogen and oxygen atoms in total. The Morgan fingerprint density at radius 3 is 1.78 bits per heavy atom. The molecule has 0 N–H and O–H groups in total. The normalized spacial score (nSPS) is 14.5. The molecule has 0 bridgehead atoms.